The van der Waals surface area contributed by atoms with E-state index in [1.54, 1.807) is 12.1 Å². The predicted molar refractivity (Wildman–Crippen MR) is 67.0 cm³/mol. The van der Waals surface area contributed by atoms with Crippen molar-refractivity contribution in [1.82, 2.24) is 9.29 Å². The number of rotatable bonds is 2. The zero-order valence-electron chi connectivity index (χ0n) is 9.47. The molecular formula is C11H11ClN2O3S. The number of hydrogen-bond acceptors (Lipinski definition) is 4. The van der Waals surface area contributed by atoms with Gasteiger partial charge in [-0.25, -0.2) is 8.42 Å². The Morgan fingerprint density at radius 2 is 2.00 bits per heavy atom. The fourth-order valence-electron chi connectivity index (χ4n) is 2.17. The summed E-state index contributed by atoms with van der Waals surface area (Å²) < 4.78 is 31.6. The molecule has 0 amide bonds. The van der Waals surface area contributed by atoms with Gasteiger partial charge in [-0.2, -0.15) is 9.29 Å². The molecule has 2 heterocycles. The first-order valence-corrected chi connectivity index (χ1v) is 7.46. The highest BCUT2D eigenvalue weighted by Gasteiger charge is 2.30. The van der Waals surface area contributed by atoms with Crippen LogP contribution < -0.4 is 0 Å². The Labute approximate surface area is 109 Å². The topological polar surface area (TPSA) is 63.4 Å². The third-order valence-corrected chi connectivity index (χ3v) is 5.12. The Morgan fingerprint density at radius 3 is 2.72 bits per heavy atom. The molecule has 0 aliphatic carbocycles. The molecule has 1 saturated heterocycles. The van der Waals surface area contributed by atoms with E-state index in [9.17, 15) is 8.42 Å². The van der Waals surface area contributed by atoms with Crippen LogP contribution >= 0.6 is 11.6 Å². The molecule has 0 radical (unpaired) electrons. The third kappa shape index (κ3) is 1.81. The molecule has 0 atom stereocenters. The first kappa shape index (κ1) is 12.0. The van der Waals surface area contributed by atoms with Gasteiger partial charge in [0, 0.05) is 13.1 Å². The van der Waals surface area contributed by atoms with E-state index in [2.05, 4.69) is 4.98 Å². The maximum atomic E-state index is 12.5. The lowest BCUT2D eigenvalue weighted by atomic mass is 10.3. The Hall–Kier alpha value is -1.11. The number of benzene rings is 1. The minimum absolute atomic E-state index is 0.0472. The normalized spacial score (nSPS) is 17.6. The summed E-state index contributed by atoms with van der Waals surface area (Å²) in [6.45, 7) is 1.11. The quantitative estimate of drug-likeness (QED) is 0.849. The van der Waals surface area contributed by atoms with E-state index in [1.807, 2.05) is 0 Å². The number of para-hydroxylation sites is 1. The molecule has 1 aliphatic heterocycles. The maximum absolute atomic E-state index is 12.5. The smallest absolute Gasteiger partial charge is 0.293 e. The molecule has 3 rings (SSSR count). The summed E-state index contributed by atoms with van der Waals surface area (Å²) in [6.07, 6.45) is 1.79. The number of hydrogen-bond donors (Lipinski definition) is 0. The first-order valence-electron chi connectivity index (χ1n) is 5.64. The van der Waals surface area contributed by atoms with Crippen LogP contribution in [0.3, 0.4) is 0 Å². The summed E-state index contributed by atoms with van der Waals surface area (Å²) in [7, 11) is -3.51. The van der Waals surface area contributed by atoms with Gasteiger partial charge < -0.3 is 4.42 Å². The van der Waals surface area contributed by atoms with Crippen LogP contribution in [-0.2, 0) is 10.0 Å². The summed E-state index contributed by atoms with van der Waals surface area (Å²) in [5.41, 5.74) is 0.690. The summed E-state index contributed by atoms with van der Waals surface area (Å²) >= 11 is 5.68. The highest BCUT2D eigenvalue weighted by atomic mass is 35.5. The van der Waals surface area contributed by atoms with E-state index in [0.29, 0.717) is 18.6 Å². The molecular weight excluding hydrogens is 276 g/mol. The fraction of sp³-hybridized carbons (Fsp3) is 0.364. The van der Waals surface area contributed by atoms with Gasteiger partial charge in [0.05, 0.1) is 0 Å². The van der Waals surface area contributed by atoms with Gasteiger partial charge in [0.25, 0.3) is 5.35 Å². The Balaban J connectivity index is 2.19. The number of oxazole rings is 1. The summed E-state index contributed by atoms with van der Waals surface area (Å²) in [6, 6.07) is 4.84. The van der Waals surface area contributed by atoms with Crippen LogP contribution in [0.1, 0.15) is 12.8 Å². The number of fused-ring (bicyclic) bond motifs is 1. The van der Waals surface area contributed by atoms with Gasteiger partial charge in [-0.05, 0) is 36.6 Å². The van der Waals surface area contributed by atoms with Crippen molar-refractivity contribution in [3.63, 3.8) is 0 Å². The van der Waals surface area contributed by atoms with E-state index in [0.717, 1.165) is 12.8 Å². The fourth-order valence-corrected chi connectivity index (χ4v) is 3.98. The average Bonchev–Trinajstić information content (AvgIpc) is 2.95. The van der Waals surface area contributed by atoms with Crippen LogP contribution in [0.4, 0.5) is 0 Å². The Morgan fingerprint density at radius 1 is 1.28 bits per heavy atom. The summed E-state index contributed by atoms with van der Waals surface area (Å²) in [5, 5.41) is -0.0472. The van der Waals surface area contributed by atoms with E-state index in [-0.39, 0.29) is 15.8 Å². The second-order valence-corrected chi connectivity index (χ2v) is 6.41. The zero-order chi connectivity index (χ0) is 12.8. The predicted octanol–water partition coefficient (Wildman–Crippen LogP) is 2.27. The van der Waals surface area contributed by atoms with Gasteiger partial charge in [-0.1, -0.05) is 6.07 Å². The molecule has 7 heteroatoms. The molecule has 1 aromatic carbocycles. The Kier molecular flexibility index (Phi) is 2.80. The van der Waals surface area contributed by atoms with Crippen molar-refractivity contribution in [2.75, 3.05) is 13.1 Å². The van der Waals surface area contributed by atoms with E-state index >= 15 is 0 Å². The van der Waals surface area contributed by atoms with Gasteiger partial charge >= 0.3 is 0 Å². The molecule has 0 saturated carbocycles. The van der Waals surface area contributed by atoms with Crippen LogP contribution in [0.15, 0.2) is 27.5 Å². The molecule has 0 spiro atoms. The molecule has 1 aliphatic rings. The van der Waals surface area contributed by atoms with Crippen LogP contribution in [0.5, 0.6) is 0 Å². The molecule has 2 aromatic rings. The second-order valence-electron chi connectivity index (χ2n) is 4.18. The number of aromatic nitrogens is 1. The van der Waals surface area contributed by atoms with Crippen molar-refractivity contribution in [2.24, 2.45) is 0 Å². The monoisotopic (exact) mass is 286 g/mol. The van der Waals surface area contributed by atoms with Crippen LogP contribution in [0, 0.1) is 0 Å². The van der Waals surface area contributed by atoms with E-state index < -0.39 is 10.0 Å². The molecule has 1 fully saturated rings. The SMILES string of the molecule is O=S(=O)(c1cccc2nc(Cl)oc12)N1CCCC1. The van der Waals surface area contributed by atoms with Gasteiger partial charge in [0.1, 0.15) is 10.4 Å². The van der Waals surface area contributed by atoms with E-state index in [1.165, 1.54) is 10.4 Å². The number of sulfonamides is 1. The van der Waals surface area contributed by atoms with Gasteiger partial charge in [-0.3, -0.25) is 0 Å². The lowest BCUT2D eigenvalue weighted by Gasteiger charge is -2.15. The maximum Gasteiger partial charge on any atom is 0.293 e. The van der Waals surface area contributed by atoms with Crippen molar-refractivity contribution in [2.45, 2.75) is 17.7 Å². The number of nitrogens with zero attached hydrogens (tertiary/aromatic N) is 2. The summed E-state index contributed by atoms with van der Waals surface area (Å²) in [4.78, 5) is 4.07. The van der Waals surface area contributed by atoms with Crippen molar-refractivity contribution < 1.29 is 12.8 Å². The third-order valence-electron chi connectivity index (χ3n) is 3.04. The molecule has 1 aromatic heterocycles. The molecule has 0 unspecified atom stereocenters. The van der Waals surface area contributed by atoms with Crippen LogP contribution in [0.25, 0.3) is 11.1 Å². The highest BCUT2D eigenvalue weighted by molar-refractivity contribution is 7.89. The highest BCUT2D eigenvalue weighted by Crippen LogP contribution is 2.29. The van der Waals surface area contributed by atoms with Gasteiger partial charge in [0.2, 0.25) is 10.0 Å². The number of halogens is 1. The summed E-state index contributed by atoms with van der Waals surface area (Å²) in [5.74, 6) is 0. The van der Waals surface area contributed by atoms with Crippen LogP contribution in [-0.4, -0.2) is 30.8 Å². The molecule has 18 heavy (non-hydrogen) atoms. The lowest BCUT2D eigenvalue weighted by molar-refractivity contribution is 0.476. The average molecular weight is 287 g/mol. The molecule has 96 valence electrons. The first-order chi connectivity index (χ1) is 8.59. The molecule has 0 N–H and O–H groups in total. The zero-order valence-corrected chi connectivity index (χ0v) is 11.0. The second kappa shape index (κ2) is 4.22. The van der Waals surface area contributed by atoms with Crippen molar-refractivity contribution >= 4 is 32.7 Å². The minimum Gasteiger partial charge on any atom is -0.426 e. The molecule has 0 bridgehead atoms. The minimum atomic E-state index is -3.51. The van der Waals surface area contributed by atoms with Crippen molar-refractivity contribution in [3.05, 3.63) is 23.5 Å². The van der Waals surface area contributed by atoms with Gasteiger partial charge in [0.15, 0.2) is 5.58 Å². The van der Waals surface area contributed by atoms with Gasteiger partial charge in [-0.15, -0.1) is 0 Å². The van der Waals surface area contributed by atoms with Crippen molar-refractivity contribution in [1.29, 1.82) is 0 Å². The lowest BCUT2D eigenvalue weighted by Crippen LogP contribution is -2.27. The largest absolute Gasteiger partial charge is 0.426 e. The Bertz CT molecular complexity index is 689. The van der Waals surface area contributed by atoms with Crippen LogP contribution in [0.2, 0.25) is 5.35 Å². The van der Waals surface area contributed by atoms with Crippen molar-refractivity contribution in [3.8, 4) is 0 Å². The standard InChI is InChI=1S/C11H11ClN2O3S/c12-11-13-8-4-3-5-9(10(8)17-11)18(15,16)14-6-1-2-7-14/h3-5H,1-2,6-7H2. The van der Waals surface area contributed by atoms with E-state index in [4.69, 9.17) is 16.0 Å². The molecule has 5 nitrogen and oxygen atoms in total.